The second-order valence-corrected chi connectivity index (χ2v) is 3.66. The van der Waals surface area contributed by atoms with Crippen molar-refractivity contribution in [1.82, 2.24) is 5.32 Å². The zero-order valence-corrected chi connectivity index (χ0v) is 6.75. The van der Waals surface area contributed by atoms with Crippen molar-refractivity contribution in [3.63, 3.8) is 0 Å². The van der Waals surface area contributed by atoms with E-state index in [4.69, 9.17) is 0 Å². The minimum absolute atomic E-state index is 0.195. The standard InChI is InChI=1S/C9H14NO/c11-9-8-4-2-1-3-7(8)5-6-10-9/h7-8H,1-6H2. The van der Waals surface area contributed by atoms with Gasteiger partial charge in [-0.3, -0.25) is 10.1 Å². The predicted molar refractivity (Wildman–Crippen MR) is 42.1 cm³/mol. The molecule has 0 bridgehead atoms. The number of hydrogen-bond acceptors (Lipinski definition) is 1. The molecule has 2 heteroatoms. The molecule has 2 nitrogen and oxygen atoms in total. The minimum Gasteiger partial charge on any atom is -0.273 e. The summed E-state index contributed by atoms with van der Waals surface area (Å²) in [6.45, 7) is 0.792. The van der Waals surface area contributed by atoms with E-state index in [9.17, 15) is 4.79 Å². The van der Waals surface area contributed by atoms with Gasteiger partial charge in [-0.05, 0) is 25.2 Å². The molecule has 1 saturated heterocycles. The molecule has 2 atom stereocenters. The summed E-state index contributed by atoms with van der Waals surface area (Å²) in [6.07, 6.45) is 6.10. The fourth-order valence-electron chi connectivity index (χ4n) is 2.34. The third kappa shape index (κ3) is 1.26. The molecule has 0 aromatic heterocycles. The van der Waals surface area contributed by atoms with E-state index < -0.39 is 0 Å². The quantitative estimate of drug-likeness (QED) is 0.515. The molecule has 0 spiro atoms. The molecule has 1 aliphatic carbocycles. The summed E-state index contributed by atoms with van der Waals surface area (Å²) < 4.78 is 0. The van der Waals surface area contributed by atoms with Gasteiger partial charge in [0, 0.05) is 12.5 Å². The number of fused-ring (bicyclic) bond motifs is 1. The lowest BCUT2D eigenvalue weighted by Gasteiger charge is -2.33. The highest BCUT2D eigenvalue weighted by Gasteiger charge is 2.34. The van der Waals surface area contributed by atoms with Gasteiger partial charge in [0.15, 0.2) is 0 Å². The molecular weight excluding hydrogens is 138 g/mol. The number of carbonyl (C=O) groups is 1. The van der Waals surface area contributed by atoms with E-state index in [1.807, 2.05) is 0 Å². The maximum absolute atomic E-state index is 11.3. The van der Waals surface area contributed by atoms with E-state index in [-0.39, 0.29) is 5.91 Å². The molecular formula is C9H14NO. The molecule has 1 heterocycles. The van der Waals surface area contributed by atoms with Gasteiger partial charge in [-0.2, -0.15) is 0 Å². The van der Waals surface area contributed by atoms with Gasteiger partial charge in [0.2, 0.25) is 5.91 Å². The van der Waals surface area contributed by atoms with Crippen LogP contribution in [-0.2, 0) is 4.79 Å². The van der Waals surface area contributed by atoms with Crippen molar-refractivity contribution in [3.8, 4) is 0 Å². The predicted octanol–water partition coefficient (Wildman–Crippen LogP) is 1.33. The average Bonchev–Trinajstić information content (AvgIpc) is 2.06. The third-order valence-corrected chi connectivity index (χ3v) is 2.99. The van der Waals surface area contributed by atoms with E-state index in [1.165, 1.54) is 19.3 Å². The largest absolute Gasteiger partial charge is 0.273 e. The summed E-state index contributed by atoms with van der Waals surface area (Å²) in [7, 11) is 0. The Morgan fingerprint density at radius 3 is 2.82 bits per heavy atom. The van der Waals surface area contributed by atoms with Crippen LogP contribution in [0.2, 0.25) is 0 Å². The normalized spacial score (nSPS) is 37.6. The first-order chi connectivity index (χ1) is 5.38. The number of piperidine rings is 1. The van der Waals surface area contributed by atoms with Gasteiger partial charge >= 0.3 is 0 Å². The Kier molecular flexibility index (Phi) is 1.84. The van der Waals surface area contributed by atoms with E-state index in [1.54, 1.807) is 0 Å². The van der Waals surface area contributed by atoms with Crippen LogP contribution in [0.1, 0.15) is 32.1 Å². The highest BCUT2D eigenvalue weighted by molar-refractivity contribution is 5.79. The van der Waals surface area contributed by atoms with Gasteiger partial charge in [0.25, 0.3) is 0 Å². The molecule has 11 heavy (non-hydrogen) atoms. The molecule has 0 N–H and O–H groups in total. The molecule has 0 aromatic carbocycles. The number of nitrogens with zero attached hydrogens (tertiary/aromatic N) is 1. The molecule has 61 valence electrons. The van der Waals surface area contributed by atoms with Gasteiger partial charge in [-0.15, -0.1) is 0 Å². The van der Waals surface area contributed by atoms with Crippen LogP contribution in [0, 0.1) is 11.8 Å². The SMILES string of the molecule is O=C1[N]CCC2CCCCC12. The Morgan fingerprint density at radius 1 is 1.18 bits per heavy atom. The summed E-state index contributed by atoms with van der Waals surface area (Å²) in [6, 6.07) is 0. The monoisotopic (exact) mass is 152 g/mol. The molecule has 2 fully saturated rings. The van der Waals surface area contributed by atoms with Crippen LogP contribution in [0.3, 0.4) is 0 Å². The van der Waals surface area contributed by atoms with Gasteiger partial charge < -0.3 is 0 Å². The Bertz CT molecular complexity index is 165. The van der Waals surface area contributed by atoms with E-state index in [0.717, 1.165) is 19.4 Å². The smallest absolute Gasteiger partial charge is 0.244 e. The lowest BCUT2D eigenvalue weighted by Crippen LogP contribution is -2.39. The van der Waals surface area contributed by atoms with Crippen LogP contribution in [0.5, 0.6) is 0 Å². The first-order valence-corrected chi connectivity index (χ1v) is 4.59. The van der Waals surface area contributed by atoms with E-state index in [0.29, 0.717) is 11.8 Å². The zero-order chi connectivity index (χ0) is 7.68. The number of carbonyl (C=O) groups excluding carboxylic acids is 1. The van der Waals surface area contributed by atoms with Crippen LogP contribution in [-0.4, -0.2) is 12.5 Å². The van der Waals surface area contributed by atoms with Crippen LogP contribution in [0.4, 0.5) is 0 Å². The van der Waals surface area contributed by atoms with Crippen molar-refractivity contribution < 1.29 is 4.79 Å². The Balaban J connectivity index is 2.05. The Hall–Kier alpha value is -0.530. The van der Waals surface area contributed by atoms with E-state index in [2.05, 4.69) is 5.32 Å². The molecule has 1 radical (unpaired) electrons. The topological polar surface area (TPSA) is 31.2 Å². The highest BCUT2D eigenvalue weighted by Crippen LogP contribution is 2.34. The Morgan fingerprint density at radius 2 is 2.00 bits per heavy atom. The molecule has 1 amide bonds. The summed E-state index contributed by atoms with van der Waals surface area (Å²) in [5, 5.41) is 3.98. The number of amides is 1. The van der Waals surface area contributed by atoms with Crippen LogP contribution in [0.25, 0.3) is 0 Å². The summed E-state index contributed by atoms with van der Waals surface area (Å²) >= 11 is 0. The van der Waals surface area contributed by atoms with E-state index >= 15 is 0 Å². The van der Waals surface area contributed by atoms with Crippen molar-refractivity contribution in [2.45, 2.75) is 32.1 Å². The molecule has 1 aliphatic heterocycles. The second-order valence-electron chi connectivity index (χ2n) is 3.66. The summed E-state index contributed by atoms with van der Waals surface area (Å²) in [5.74, 6) is 1.20. The van der Waals surface area contributed by atoms with Gasteiger partial charge in [0.1, 0.15) is 0 Å². The summed E-state index contributed by atoms with van der Waals surface area (Å²) in [5.41, 5.74) is 0. The maximum atomic E-state index is 11.3. The van der Waals surface area contributed by atoms with Crippen LogP contribution >= 0.6 is 0 Å². The molecule has 2 unspecified atom stereocenters. The minimum atomic E-state index is 0.195. The highest BCUT2D eigenvalue weighted by atomic mass is 16.1. The van der Waals surface area contributed by atoms with Gasteiger partial charge in [-0.1, -0.05) is 12.8 Å². The average molecular weight is 152 g/mol. The van der Waals surface area contributed by atoms with Crippen LogP contribution in [0.15, 0.2) is 0 Å². The first-order valence-electron chi connectivity index (χ1n) is 4.59. The lowest BCUT2D eigenvalue weighted by molar-refractivity contribution is -0.130. The van der Waals surface area contributed by atoms with Gasteiger partial charge in [-0.25, -0.2) is 0 Å². The second kappa shape index (κ2) is 2.84. The Labute approximate surface area is 67.4 Å². The lowest BCUT2D eigenvalue weighted by atomic mass is 9.75. The zero-order valence-electron chi connectivity index (χ0n) is 6.75. The van der Waals surface area contributed by atoms with Crippen molar-refractivity contribution in [3.05, 3.63) is 0 Å². The fourth-order valence-corrected chi connectivity index (χ4v) is 2.34. The number of rotatable bonds is 0. The van der Waals surface area contributed by atoms with Crippen molar-refractivity contribution in [2.24, 2.45) is 11.8 Å². The van der Waals surface area contributed by atoms with Crippen molar-refractivity contribution in [2.75, 3.05) is 6.54 Å². The van der Waals surface area contributed by atoms with Crippen LogP contribution < -0.4 is 5.32 Å². The molecule has 2 aliphatic rings. The third-order valence-electron chi connectivity index (χ3n) is 2.99. The maximum Gasteiger partial charge on any atom is 0.244 e. The van der Waals surface area contributed by atoms with Crippen molar-refractivity contribution in [1.29, 1.82) is 0 Å². The fraction of sp³-hybridized carbons (Fsp3) is 0.889. The first kappa shape index (κ1) is 7.14. The van der Waals surface area contributed by atoms with Gasteiger partial charge in [0.05, 0.1) is 0 Å². The van der Waals surface area contributed by atoms with Crippen molar-refractivity contribution >= 4 is 5.91 Å². The molecule has 2 rings (SSSR count). The summed E-state index contributed by atoms with van der Waals surface area (Å²) in [4.78, 5) is 11.3. The number of hydrogen-bond donors (Lipinski definition) is 0. The molecule has 0 aromatic rings. The molecule has 1 saturated carbocycles.